The van der Waals surface area contributed by atoms with E-state index in [9.17, 15) is 0 Å². The van der Waals surface area contributed by atoms with Crippen LogP contribution in [-0.4, -0.2) is 54.4 Å². The summed E-state index contributed by atoms with van der Waals surface area (Å²) in [5.74, 6) is 1.66. The topological polar surface area (TPSA) is 66.7 Å². The molecule has 0 amide bonds. The predicted octanol–water partition coefficient (Wildman–Crippen LogP) is 3.38. The lowest BCUT2D eigenvalue weighted by Crippen LogP contribution is -2.42. The zero-order valence-electron chi connectivity index (χ0n) is 18.9. The van der Waals surface area contributed by atoms with Crippen LogP contribution in [0.15, 0.2) is 71.9 Å². The van der Waals surface area contributed by atoms with Crippen molar-refractivity contribution in [2.24, 2.45) is 4.99 Å². The SMILES string of the molecule is CN=C(NCc1ccn(-c2ccccc2)n1)NCC(c1cccc(OC)c1)N1CCCC1. The van der Waals surface area contributed by atoms with E-state index in [1.807, 2.05) is 53.3 Å². The Kier molecular flexibility index (Phi) is 7.40. The number of hydrogen-bond acceptors (Lipinski definition) is 4. The third-order valence-corrected chi connectivity index (χ3v) is 5.85. The molecule has 0 radical (unpaired) electrons. The van der Waals surface area contributed by atoms with Crippen LogP contribution >= 0.6 is 0 Å². The summed E-state index contributed by atoms with van der Waals surface area (Å²) >= 11 is 0. The third-order valence-electron chi connectivity index (χ3n) is 5.85. The van der Waals surface area contributed by atoms with Crippen LogP contribution in [0.5, 0.6) is 5.75 Å². The average molecular weight is 433 g/mol. The van der Waals surface area contributed by atoms with E-state index in [4.69, 9.17) is 4.74 Å². The van der Waals surface area contributed by atoms with Crippen molar-refractivity contribution in [1.82, 2.24) is 25.3 Å². The van der Waals surface area contributed by atoms with Crippen LogP contribution in [-0.2, 0) is 6.54 Å². The number of aliphatic imine (C=N–C) groups is 1. The van der Waals surface area contributed by atoms with Crippen molar-refractivity contribution in [3.63, 3.8) is 0 Å². The highest BCUT2D eigenvalue weighted by molar-refractivity contribution is 5.79. The molecule has 1 saturated heterocycles. The van der Waals surface area contributed by atoms with Crippen molar-refractivity contribution in [2.75, 3.05) is 33.8 Å². The number of benzene rings is 2. The van der Waals surface area contributed by atoms with Gasteiger partial charge >= 0.3 is 0 Å². The standard InChI is InChI=1S/C25H32N6O/c1-26-25(27-18-21-13-16-31(29-21)22-10-4-3-5-11-22)28-19-24(30-14-6-7-15-30)20-9-8-12-23(17-20)32-2/h3-5,8-13,16-17,24H,6-7,14-15,18-19H2,1-2H3,(H2,26,27,28). The lowest BCUT2D eigenvalue weighted by Gasteiger charge is -2.29. The number of rotatable bonds is 8. The summed E-state index contributed by atoms with van der Waals surface area (Å²) < 4.78 is 7.34. The molecule has 0 saturated carbocycles. The van der Waals surface area contributed by atoms with Gasteiger partial charge in [0.1, 0.15) is 5.75 Å². The average Bonchev–Trinajstić information content (AvgIpc) is 3.55. The Hall–Kier alpha value is -3.32. The predicted molar refractivity (Wildman–Crippen MR) is 128 cm³/mol. The molecule has 2 heterocycles. The molecule has 168 valence electrons. The molecule has 1 atom stereocenters. The molecule has 1 fully saturated rings. The molecule has 1 aromatic heterocycles. The Morgan fingerprint density at radius 1 is 1.06 bits per heavy atom. The number of guanidine groups is 1. The first kappa shape index (κ1) is 21.9. The molecule has 0 aliphatic carbocycles. The van der Waals surface area contributed by atoms with Crippen molar-refractivity contribution < 1.29 is 4.74 Å². The van der Waals surface area contributed by atoms with E-state index >= 15 is 0 Å². The van der Waals surface area contributed by atoms with Crippen molar-refractivity contribution in [3.05, 3.63) is 78.1 Å². The van der Waals surface area contributed by atoms with E-state index in [1.165, 1.54) is 18.4 Å². The van der Waals surface area contributed by atoms with Crippen LogP contribution in [0.1, 0.15) is 30.1 Å². The molecule has 7 heteroatoms. The number of aromatic nitrogens is 2. The van der Waals surface area contributed by atoms with Crippen LogP contribution in [0.4, 0.5) is 0 Å². The van der Waals surface area contributed by atoms with Gasteiger partial charge < -0.3 is 15.4 Å². The van der Waals surface area contributed by atoms with Crippen LogP contribution in [0.25, 0.3) is 5.69 Å². The van der Waals surface area contributed by atoms with Crippen LogP contribution in [0, 0.1) is 0 Å². The number of methoxy groups -OCH3 is 1. The van der Waals surface area contributed by atoms with Gasteiger partial charge in [0.25, 0.3) is 0 Å². The molecular weight excluding hydrogens is 400 g/mol. The maximum atomic E-state index is 5.45. The lowest BCUT2D eigenvalue weighted by atomic mass is 10.1. The lowest BCUT2D eigenvalue weighted by molar-refractivity contribution is 0.245. The van der Waals surface area contributed by atoms with Crippen LogP contribution in [0.2, 0.25) is 0 Å². The monoisotopic (exact) mass is 432 g/mol. The summed E-state index contributed by atoms with van der Waals surface area (Å²) in [5.41, 5.74) is 3.27. The Morgan fingerprint density at radius 2 is 1.88 bits per heavy atom. The Morgan fingerprint density at radius 3 is 2.62 bits per heavy atom. The molecule has 2 N–H and O–H groups in total. The minimum Gasteiger partial charge on any atom is -0.497 e. The van der Waals surface area contributed by atoms with Gasteiger partial charge in [-0.2, -0.15) is 5.10 Å². The van der Waals surface area contributed by atoms with Crippen molar-refractivity contribution in [2.45, 2.75) is 25.4 Å². The van der Waals surface area contributed by atoms with Gasteiger partial charge in [-0.3, -0.25) is 9.89 Å². The van der Waals surface area contributed by atoms with Crippen molar-refractivity contribution >= 4 is 5.96 Å². The van der Waals surface area contributed by atoms with E-state index in [2.05, 4.69) is 43.8 Å². The summed E-state index contributed by atoms with van der Waals surface area (Å²) in [6, 6.07) is 20.8. The first-order valence-corrected chi connectivity index (χ1v) is 11.2. The van der Waals surface area contributed by atoms with Gasteiger partial charge in [-0.25, -0.2) is 4.68 Å². The zero-order valence-corrected chi connectivity index (χ0v) is 18.9. The summed E-state index contributed by atoms with van der Waals surface area (Å²) in [4.78, 5) is 6.95. The molecule has 3 aromatic rings. The van der Waals surface area contributed by atoms with E-state index in [1.54, 1.807) is 14.2 Å². The highest BCUT2D eigenvalue weighted by Gasteiger charge is 2.24. The molecule has 1 unspecified atom stereocenters. The zero-order chi connectivity index (χ0) is 22.2. The maximum absolute atomic E-state index is 5.45. The van der Waals surface area contributed by atoms with Gasteiger partial charge in [0.05, 0.1) is 31.1 Å². The fourth-order valence-electron chi connectivity index (χ4n) is 4.13. The largest absolute Gasteiger partial charge is 0.497 e. The summed E-state index contributed by atoms with van der Waals surface area (Å²) in [6.07, 6.45) is 4.48. The van der Waals surface area contributed by atoms with E-state index in [0.717, 1.165) is 42.7 Å². The number of likely N-dealkylation sites (tertiary alicyclic amines) is 1. The highest BCUT2D eigenvalue weighted by atomic mass is 16.5. The quantitative estimate of drug-likeness (QED) is 0.422. The van der Waals surface area contributed by atoms with Gasteiger partial charge in [-0.1, -0.05) is 30.3 Å². The van der Waals surface area contributed by atoms with Gasteiger partial charge in [-0.15, -0.1) is 0 Å². The van der Waals surface area contributed by atoms with E-state index in [-0.39, 0.29) is 6.04 Å². The maximum Gasteiger partial charge on any atom is 0.191 e. The second-order valence-electron chi connectivity index (χ2n) is 7.93. The smallest absolute Gasteiger partial charge is 0.191 e. The number of hydrogen-bond donors (Lipinski definition) is 2. The van der Waals surface area contributed by atoms with Crippen molar-refractivity contribution in [1.29, 1.82) is 0 Å². The van der Waals surface area contributed by atoms with Gasteiger partial charge in [0.2, 0.25) is 0 Å². The molecule has 4 rings (SSSR count). The molecule has 0 spiro atoms. The highest BCUT2D eigenvalue weighted by Crippen LogP contribution is 2.27. The van der Waals surface area contributed by atoms with Crippen molar-refractivity contribution in [3.8, 4) is 11.4 Å². The van der Waals surface area contributed by atoms with E-state index in [0.29, 0.717) is 6.54 Å². The number of nitrogens with zero attached hydrogens (tertiary/aromatic N) is 4. The Bertz CT molecular complexity index is 1010. The summed E-state index contributed by atoms with van der Waals surface area (Å²) in [7, 11) is 3.52. The Labute approximate surface area is 190 Å². The van der Waals surface area contributed by atoms with Crippen LogP contribution in [0.3, 0.4) is 0 Å². The van der Waals surface area contributed by atoms with Crippen LogP contribution < -0.4 is 15.4 Å². The minimum absolute atomic E-state index is 0.267. The van der Waals surface area contributed by atoms with Gasteiger partial charge in [0, 0.05) is 19.8 Å². The molecule has 1 aliphatic heterocycles. The molecular formula is C25H32N6O. The Balaban J connectivity index is 1.37. The summed E-state index contributed by atoms with van der Waals surface area (Å²) in [5, 5.41) is 11.6. The normalized spacial score (nSPS) is 15.5. The minimum atomic E-state index is 0.267. The summed E-state index contributed by atoms with van der Waals surface area (Å²) in [6.45, 7) is 3.61. The first-order valence-electron chi connectivity index (χ1n) is 11.2. The second-order valence-corrected chi connectivity index (χ2v) is 7.93. The fourth-order valence-corrected chi connectivity index (χ4v) is 4.13. The molecule has 32 heavy (non-hydrogen) atoms. The first-order chi connectivity index (χ1) is 15.8. The molecule has 7 nitrogen and oxygen atoms in total. The van der Waals surface area contributed by atoms with E-state index < -0.39 is 0 Å². The van der Waals surface area contributed by atoms with Gasteiger partial charge in [0.15, 0.2) is 5.96 Å². The molecule has 2 aromatic carbocycles. The number of nitrogens with one attached hydrogen (secondary N) is 2. The number of ether oxygens (including phenoxy) is 1. The fraction of sp³-hybridized carbons (Fsp3) is 0.360. The second kappa shape index (κ2) is 10.8. The molecule has 1 aliphatic rings. The third kappa shape index (κ3) is 5.48. The number of para-hydroxylation sites is 1. The van der Waals surface area contributed by atoms with Gasteiger partial charge in [-0.05, 0) is 61.8 Å². The molecule has 0 bridgehead atoms.